The average molecular weight is 442 g/mol. The standard InChI is InChI=1S/C23H22O9/c1-30-12-8-16(28)19(17(9-12)31-2)21-20-15(27)6-11(24)7-18(20)32-23(22(21)29)10-3-4-13(25)14(26)5-10/h3-9,21-29H,1-2H3. The van der Waals surface area contributed by atoms with Crippen LogP contribution in [-0.2, 0) is 0 Å². The lowest BCUT2D eigenvalue weighted by atomic mass is 9.79. The zero-order chi connectivity index (χ0) is 23.2. The van der Waals surface area contributed by atoms with Gasteiger partial charge in [-0.05, 0) is 17.7 Å². The molecule has 0 radical (unpaired) electrons. The predicted molar refractivity (Wildman–Crippen MR) is 112 cm³/mol. The molecule has 3 aromatic rings. The third kappa shape index (κ3) is 3.42. The summed E-state index contributed by atoms with van der Waals surface area (Å²) in [6.45, 7) is 0. The van der Waals surface area contributed by atoms with E-state index in [9.17, 15) is 30.6 Å². The van der Waals surface area contributed by atoms with E-state index in [1.54, 1.807) is 0 Å². The summed E-state index contributed by atoms with van der Waals surface area (Å²) in [6, 6.07) is 9.18. The highest BCUT2D eigenvalue weighted by molar-refractivity contribution is 5.62. The molecule has 9 heteroatoms. The Hall–Kier alpha value is -3.98. The SMILES string of the molecule is COc1cc(O)c(C2c3c(O)cc(O)cc3OC(c3ccc(O)c(O)c3)C2O)c(OC)c1. The van der Waals surface area contributed by atoms with E-state index in [0.717, 1.165) is 6.07 Å². The first-order chi connectivity index (χ1) is 15.2. The maximum Gasteiger partial charge on any atom is 0.157 e. The molecular weight excluding hydrogens is 420 g/mol. The van der Waals surface area contributed by atoms with Crippen LogP contribution in [-0.4, -0.2) is 51.0 Å². The van der Waals surface area contributed by atoms with Crippen LogP contribution in [0.2, 0.25) is 0 Å². The Morgan fingerprint density at radius 2 is 1.47 bits per heavy atom. The van der Waals surface area contributed by atoms with Crippen LogP contribution in [0.15, 0.2) is 42.5 Å². The van der Waals surface area contributed by atoms with Gasteiger partial charge in [0.15, 0.2) is 17.6 Å². The van der Waals surface area contributed by atoms with Gasteiger partial charge in [0.05, 0.1) is 20.1 Å². The quantitative estimate of drug-likeness (QED) is 0.335. The Bertz CT molecular complexity index is 1170. The van der Waals surface area contributed by atoms with Gasteiger partial charge in [0, 0.05) is 35.4 Å². The van der Waals surface area contributed by atoms with Gasteiger partial charge in [0.2, 0.25) is 0 Å². The monoisotopic (exact) mass is 442 g/mol. The minimum absolute atomic E-state index is 0.0626. The molecule has 3 atom stereocenters. The van der Waals surface area contributed by atoms with E-state index in [2.05, 4.69) is 0 Å². The summed E-state index contributed by atoms with van der Waals surface area (Å²) in [5, 5.41) is 62.3. The van der Waals surface area contributed by atoms with E-state index in [0.29, 0.717) is 11.3 Å². The fraction of sp³-hybridized carbons (Fsp3) is 0.217. The molecule has 0 spiro atoms. The number of benzene rings is 3. The van der Waals surface area contributed by atoms with Crippen LogP contribution in [0.4, 0.5) is 0 Å². The van der Waals surface area contributed by atoms with Crippen molar-refractivity contribution in [2.45, 2.75) is 18.1 Å². The number of ether oxygens (including phenoxy) is 3. The van der Waals surface area contributed by atoms with Gasteiger partial charge in [-0.1, -0.05) is 6.07 Å². The van der Waals surface area contributed by atoms with Crippen molar-refractivity contribution in [3.8, 4) is 46.0 Å². The normalized spacial score (nSPS) is 19.7. The van der Waals surface area contributed by atoms with Gasteiger partial charge in [0.1, 0.15) is 40.6 Å². The summed E-state index contributed by atoms with van der Waals surface area (Å²) in [4.78, 5) is 0. The van der Waals surface area contributed by atoms with Crippen molar-refractivity contribution in [3.63, 3.8) is 0 Å². The van der Waals surface area contributed by atoms with Gasteiger partial charge in [-0.2, -0.15) is 0 Å². The molecule has 0 aromatic heterocycles. The summed E-state index contributed by atoms with van der Waals surface area (Å²) in [5.74, 6) is -2.11. The number of aliphatic hydroxyl groups is 1. The first-order valence-electron chi connectivity index (χ1n) is 9.62. The lowest BCUT2D eigenvalue weighted by molar-refractivity contribution is 0.00643. The Labute approximate surface area is 182 Å². The molecule has 1 aliphatic rings. The molecule has 6 N–H and O–H groups in total. The smallest absolute Gasteiger partial charge is 0.157 e. The van der Waals surface area contributed by atoms with E-state index >= 15 is 0 Å². The highest BCUT2D eigenvalue weighted by Gasteiger charge is 2.43. The van der Waals surface area contributed by atoms with Crippen LogP contribution >= 0.6 is 0 Å². The van der Waals surface area contributed by atoms with Gasteiger partial charge in [0.25, 0.3) is 0 Å². The van der Waals surface area contributed by atoms with Crippen LogP contribution < -0.4 is 14.2 Å². The van der Waals surface area contributed by atoms with Crippen molar-refractivity contribution in [2.24, 2.45) is 0 Å². The molecule has 32 heavy (non-hydrogen) atoms. The van der Waals surface area contributed by atoms with Crippen LogP contribution in [0.3, 0.4) is 0 Å². The number of rotatable bonds is 4. The molecule has 1 heterocycles. The molecule has 1 aliphatic heterocycles. The minimum atomic E-state index is -1.38. The Morgan fingerprint density at radius 1 is 0.750 bits per heavy atom. The van der Waals surface area contributed by atoms with Crippen molar-refractivity contribution in [2.75, 3.05) is 14.2 Å². The van der Waals surface area contributed by atoms with Crippen molar-refractivity contribution < 1.29 is 44.8 Å². The molecule has 9 nitrogen and oxygen atoms in total. The van der Waals surface area contributed by atoms with Gasteiger partial charge in [-0.15, -0.1) is 0 Å². The zero-order valence-electron chi connectivity index (χ0n) is 17.2. The van der Waals surface area contributed by atoms with E-state index in [-0.39, 0.29) is 45.6 Å². The molecule has 0 amide bonds. The summed E-state index contributed by atoms with van der Waals surface area (Å²) >= 11 is 0. The first kappa shape index (κ1) is 21.3. The van der Waals surface area contributed by atoms with Crippen molar-refractivity contribution in [1.29, 1.82) is 0 Å². The molecule has 3 aromatic carbocycles. The summed E-state index contributed by atoms with van der Waals surface area (Å²) in [5.41, 5.74) is 0.617. The van der Waals surface area contributed by atoms with Crippen LogP contribution in [0.1, 0.15) is 28.7 Å². The minimum Gasteiger partial charge on any atom is -0.508 e. The summed E-state index contributed by atoms with van der Waals surface area (Å²) < 4.78 is 16.5. The molecule has 0 aliphatic carbocycles. The van der Waals surface area contributed by atoms with Crippen LogP contribution in [0, 0.1) is 0 Å². The summed E-state index contributed by atoms with van der Waals surface area (Å²) in [7, 11) is 2.81. The second kappa shape index (κ2) is 7.93. The number of fused-ring (bicyclic) bond motifs is 1. The number of hydrogen-bond acceptors (Lipinski definition) is 9. The third-order valence-corrected chi connectivity index (χ3v) is 5.51. The third-order valence-electron chi connectivity index (χ3n) is 5.51. The molecule has 4 rings (SSSR count). The number of phenols is 5. The van der Waals surface area contributed by atoms with Crippen molar-refractivity contribution >= 4 is 0 Å². The lowest BCUT2D eigenvalue weighted by Crippen LogP contribution is -2.35. The average Bonchev–Trinajstić information content (AvgIpc) is 2.75. The largest absolute Gasteiger partial charge is 0.508 e. The maximum absolute atomic E-state index is 11.4. The van der Waals surface area contributed by atoms with Gasteiger partial charge >= 0.3 is 0 Å². The Balaban J connectivity index is 1.96. The highest BCUT2D eigenvalue weighted by atomic mass is 16.5. The van der Waals surface area contributed by atoms with Crippen LogP contribution in [0.25, 0.3) is 0 Å². The van der Waals surface area contributed by atoms with E-state index in [1.165, 1.54) is 50.6 Å². The topological polar surface area (TPSA) is 149 Å². The second-order valence-corrected chi connectivity index (χ2v) is 7.39. The first-order valence-corrected chi connectivity index (χ1v) is 9.62. The van der Waals surface area contributed by atoms with Crippen molar-refractivity contribution in [1.82, 2.24) is 0 Å². The fourth-order valence-electron chi connectivity index (χ4n) is 4.04. The number of methoxy groups -OCH3 is 2. The Morgan fingerprint density at radius 3 is 2.12 bits per heavy atom. The molecular formula is C23H22O9. The van der Waals surface area contributed by atoms with Crippen molar-refractivity contribution in [3.05, 3.63) is 59.2 Å². The zero-order valence-corrected chi connectivity index (χ0v) is 17.2. The molecule has 3 unspecified atom stereocenters. The van der Waals surface area contributed by atoms with E-state index in [1.807, 2.05) is 0 Å². The number of aliphatic hydroxyl groups excluding tert-OH is 1. The molecule has 0 saturated carbocycles. The number of phenolic OH excluding ortho intramolecular Hbond substituents is 5. The molecule has 0 bridgehead atoms. The number of aromatic hydroxyl groups is 5. The second-order valence-electron chi connectivity index (χ2n) is 7.39. The van der Waals surface area contributed by atoms with E-state index in [4.69, 9.17) is 14.2 Å². The number of hydrogen-bond donors (Lipinski definition) is 6. The van der Waals surface area contributed by atoms with Crippen LogP contribution in [0.5, 0.6) is 46.0 Å². The molecule has 168 valence electrons. The fourth-order valence-corrected chi connectivity index (χ4v) is 4.04. The highest BCUT2D eigenvalue weighted by Crippen LogP contribution is 2.54. The maximum atomic E-state index is 11.4. The van der Waals surface area contributed by atoms with Gasteiger partial charge in [-0.25, -0.2) is 0 Å². The predicted octanol–water partition coefficient (Wildman–Crippen LogP) is 2.86. The Kier molecular flexibility index (Phi) is 5.27. The van der Waals surface area contributed by atoms with E-state index < -0.39 is 23.9 Å². The lowest BCUT2D eigenvalue weighted by Gasteiger charge is -2.38. The van der Waals surface area contributed by atoms with Gasteiger partial charge < -0.3 is 44.8 Å². The summed E-state index contributed by atoms with van der Waals surface area (Å²) in [6.07, 6.45) is -2.47. The molecule has 0 fully saturated rings. The molecule has 0 saturated heterocycles. The van der Waals surface area contributed by atoms with Gasteiger partial charge in [-0.3, -0.25) is 0 Å².